The summed E-state index contributed by atoms with van der Waals surface area (Å²) < 4.78 is 0. The largest absolute Gasteiger partial charge is 0.355 e. The van der Waals surface area contributed by atoms with Gasteiger partial charge in [-0.1, -0.05) is 29.3 Å². The van der Waals surface area contributed by atoms with E-state index in [1.165, 1.54) is 5.56 Å². The molecule has 3 rings (SSSR count). The Morgan fingerprint density at radius 3 is 2.38 bits per heavy atom. The average Bonchev–Trinajstić information content (AvgIpc) is 2.40. The molecular formula is C17H16Cl2N2. The molecule has 0 aliphatic heterocycles. The Kier molecular flexibility index (Phi) is 4.71. The number of fused-ring (bicyclic) bond motifs is 1. The van der Waals surface area contributed by atoms with Crippen LogP contribution in [0.2, 0.25) is 5.02 Å². The molecule has 2 aromatic carbocycles. The highest BCUT2D eigenvalue weighted by molar-refractivity contribution is 6.31. The fourth-order valence-corrected chi connectivity index (χ4v) is 2.40. The number of benzene rings is 2. The van der Waals surface area contributed by atoms with Gasteiger partial charge in [-0.25, -0.2) is 0 Å². The molecule has 0 atom stereocenters. The molecule has 21 heavy (non-hydrogen) atoms. The molecule has 0 bridgehead atoms. The standard InChI is InChI=1S/C17H15ClN2.ClH/c1-11-3-6-14(7-4-11)20-16-9-12(2)19-17-10-13(18)5-8-15(16)17;/h3-10H,1-2H3,(H,19,20);1H. The van der Waals surface area contributed by atoms with Crippen LogP contribution in [0, 0.1) is 13.8 Å². The van der Waals surface area contributed by atoms with Crippen LogP contribution < -0.4 is 5.32 Å². The van der Waals surface area contributed by atoms with Gasteiger partial charge in [0.25, 0.3) is 0 Å². The van der Waals surface area contributed by atoms with Gasteiger partial charge in [-0.05, 0) is 50.2 Å². The van der Waals surface area contributed by atoms with Crippen molar-refractivity contribution in [3.63, 3.8) is 0 Å². The van der Waals surface area contributed by atoms with E-state index in [1.807, 2.05) is 25.1 Å². The van der Waals surface area contributed by atoms with E-state index >= 15 is 0 Å². The second-order valence-corrected chi connectivity index (χ2v) is 5.40. The van der Waals surface area contributed by atoms with E-state index in [0.717, 1.165) is 28.0 Å². The van der Waals surface area contributed by atoms with E-state index in [2.05, 4.69) is 47.6 Å². The summed E-state index contributed by atoms with van der Waals surface area (Å²) in [5, 5.41) is 5.23. The van der Waals surface area contributed by atoms with Gasteiger partial charge in [-0.15, -0.1) is 12.4 Å². The maximum Gasteiger partial charge on any atom is 0.0740 e. The molecule has 0 aliphatic rings. The van der Waals surface area contributed by atoms with Gasteiger partial charge in [0.15, 0.2) is 0 Å². The number of anilines is 2. The van der Waals surface area contributed by atoms with Crippen molar-refractivity contribution in [2.75, 3.05) is 5.32 Å². The molecule has 1 heterocycles. The Morgan fingerprint density at radius 2 is 1.67 bits per heavy atom. The molecule has 2 nitrogen and oxygen atoms in total. The van der Waals surface area contributed by atoms with E-state index in [1.54, 1.807) is 0 Å². The molecule has 0 spiro atoms. The highest BCUT2D eigenvalue weighted by Crippen LogP contribution is 2.28. The lowest BCUT2D eigenvalue weighted by molar-refractivity contribution is 1.25. The molecular weight excluding hydrogens is 303 g/mol. The number of pyridine rings is 1. The zero-order valence-electron chi connectivity index (χ0n) is 11.9. The predicted octanol–water partition coefficient (Wildman–Crippen LogP) is 5.67. The van der Waals surface area contributed by atoms with Crippen LogP contribution >= 0.6 is 24.0 Å². The van der Waals surface area contributed by atoms with E-state index in [0.29, 0.717) is 5.02 Å². The fraction of sp³-hybridized carbons (Fsp3) is 0.118. The minimum absolute atomic E-state index is 0. The number of rotatable bonds is 2. The predicted molar refractivity (Wildman–Crippen MR) is 93.2 cm³/mol. The second kappa shape index (κ2) is 6.33. The third-order valence-electron chi connectivity index (χ3n) is 3.23. The molecule has 0 saturated carbocycles. The first-order valence-electron chi connectivity index (χ1n) is 6.52. The molecule has 0 unspecified atom stereocenters. The van der Waals surface area contributed by atoms with Gasteiger partial charge < -0.3 is 5.32 Å². The van der Waals surface area contributed by atoms with Crippen molar-refractivity contribution in [2.24, 2.45) is 0 Å². The van der Waals surface area contributed by atoms with Gasteiger partial charge in [-0.2, -0.15) is 0 Å². The Hall–Kier alpha value is -1.77. The lowest BCUT2D eigenvalue weighted by atomic mass is 10.1. The van der Waals surface area contributed by atoms with Crippen LogP contribution in [0.25, 0.3) is 10.9 Å². The maximum absolute atomic E-state index is 6.04. The molecule has 0 saturated heterocycles. The number of nitrogens with one attached hydrogen (secondary N) is 1. The summed E-state index contributed by atoms with van der Waals surface area (Å²) in [5.74, 6) is 0. The summed E-state index contributed by atoms with van der Waals surface area (Å²) in [5.41, 5.74) is 5.24. The van der Waals surface area contributed by atoms with Crippen LogP contribution in [-0.4, -0.2) is 4.98 Å². The number of halogens is 2. The SMILES string of the molecule is Cc1ccc(Nc2cc(C)nc3cc(Cl)ccc23)cc1.Cl. The first kappa shape index (κ1) is 15.6. The zero-order chi connectivity index (χ0) is 14.1. The van der Waals surface area contributed by atoms with Gasteiger partial charge in [0, 0.05) is 27.5 Å². The molecule has 1 N–H and O–H groups in total. The molecule has 0 radical (unpaired) electrons. The van der Waals surface area contributed by atoms with Crippen LogP contribution in [0.15, 0.2) is 48.5 Å². The molecule has 0 amide bonds. The van der Waals surface area contributed by atoms with Crippen LogP contribution in [0.4, 0.5) is 11.4 Å². The Morgan fingerprint density at radius 1 is 0.952 bits per heavy atom. The Balaban J connectivity index is 0.00000161. The fourth-order valence-electron chi connectivity index (χ4n) is 2.23. The first-order chi connectivity index (χ1) is 9.61. The second-order valence-electron chi connectivity index (χ2n) is 4.96. The monoisotopic (exact) mass is 318 g/mol. The lowest BCUT2D eigenvalue weighted by Gasteiger charge is -2.11. The highest BCUT2D eigenvalue weighted by Gasteiger charge is 2.05. The van der Waals surface area contributed by atoms with E-state index in [-0.39, 0.29) is 12.4 Å². The summed E-state index contributed by atoms with van der Waals surface area (Å²) >= 11 is 6.04. The summed E-state index contributed by atoms with van der Waals surface area (Å²) in [4.78, 5) is 4.53. The van der Waals surface area contributed by atoms with Crippen LogP contribution in [0.1, 0.15) is 11.3 Å². The summed E-state index contributed by atoms with van der Waals surface area (Å²) in [6.07, 6.45) is 0. The van der Waals surface area contributed by atoms with Crippen molar-refractivity contribution in [3.8, 4) is 0 Å². The first-order valence-corrected chi connectivity index (χ1v) is 6.90. The minimum atomic E-state index is 0. The lowest BCUT2D eigenvalue weighted by Crippen LogP contribution is -1.94. The van der Waals surface area contributed by atoms with Gasteiger partial charge >= 0.3 is 0 Å². The Labute approximate surface area is 135 Å². The van der Waals surface area contributed by atoms with E-state index in [9.17, 15) is 0 Å². The highest BCUT2D eigenvalue weighted by atomic mass is 35.5. The van der Waals surface area contributed by atoms with Crippen LogP contribution in [0.5, 0.6) is 0 Å². The number of nitrogens with zero attached hydrogens (tertiary/aromatic N) is 1. The molecule has 4 heteroatoms. The van der Waals surface area contributed by atoms with Crippen molar-refractivity contribution in [1.29, 1.82) is 0 Å². The molecule has 0 fully saturated rings. The van der Waals surface area contributed by atoms with E-state index in [4.69, 9.17) is 11.6 Å². The molecule has 3 aromatic rings. The van der Waals surface area contributed by atoms with Crippen molar-refractivity contribution in [1.82, 2.24) is 4.98 Å². The van der Waals surface area contributed by atoms with Gasteiger partial charge in [0.05, 0.1) is 5.52 Å². The van der Waals surface area contributed by atoms with Crippen LogP contribution in [0.3, 0.4) is 0 Å². The van der Waals surface area contributed by atoms with Crippen molar-refractivity contribution in [3.05, 3.63) is 64.8 Å². The third kappa shape index (κ3) is 3.46. The maximum atomic E-state index is 6.04. The van der Waals surface area contributed by atoms with Crippen molar-refractivity contribution >= 4 is 46.3 Å². The minimum Gasteiger partial charge on any atom is -0.355 e. The van der Waals surface area contributed by atoms with Crippen molar-refractivity contribution < 1.29 is 0 Å². The average molecular weight is 319 g/mol. The van der Waals surface area contributed by atoms with Gasteiger partial charge in [0.1, 0.15) is 0 Å². The summed E-state index contributed by atoms with van der Waals surface area (Å²) in [7, 11) is 0. The number of aromatic nitrogens is 1. The molecule has 0 aliphatic carbocycles. The number of hydrogen-bond acceptors (Lipinski definition) is 2. The summed E-state index contributed by atoms with van der Waals surface area (Å²) in [6, 6.07) is 16.2. The Bertz CT molecular complexity index is 762. The van der Waals surface area contributed by atoms with Crippen LogP contribution in [-0.2, 0) is 0 Å². The number of aryl methyl sites for hydroxylation is 2. The quantitative estimate of drug-likeness (QED) is 0.658. The third-order valence-corrected chi connectivity index (χ3v) is 3.47. The van der Waals surface area contributed by atoms with Crippen molar-refractivity contribution in [2.45, 2.75) is 13.8 Å². The van der Waals surface area contributed by atoms with Gasteiger partial charge in [-0.3, -0.25) is 4.98 Å². The smallest absolute Gasteiger partial charge is 0.0740 e. The normalized spacial score (nSPS) is 10.2. The topological polar surface area (TPSA) is 24.9 Å². The zero-order valence-corrected chi connectivity index (χ0v) is 13.4. The van der Waals surface area contributed by atoms with E-state index < -0.39 is 0 Å². The molecule has 108 valence electrons. The number of hydrogen-bond donors (Lipinski definition) is 1. The summed E-state index contributed by atoms with van der Waals surface area (Å²) in [6.45, 7) is 4.07. The van der Waals surface area contributed by atoms with Gasteiger partial charge in [0.2, 0.25) is 0 Å². The molecule has 1 aromatic heterocycles.